The number of hydrogen-bond donors (Lipinski definition) is 3. The largest absolute Gasteiger partial charge is 0.586 e. The van der Waals surface area contributed by atoms with E-state index in [-0.39, 0.29) is 45.6 Å². The molecule has 0 unspecified atom stereocenters. The van der Waals surface area contributed by atoms with Crippen molar-refractivity contribution in [1.29, 1.82) is 0 Å². The van der Waals surface area contributed by atoms with Gasteiger partial charge in [-0.2, -0.15) is 0 Å². The van der Waals surface area contributed by atoms with Gasteiger partial charge in [0.2, 0.25) is 0 Å². The molecule has 3 aromatic rings. The van der Waals surface area contributed by atoms with Crippen LogP contribution < -0.4 is 40.1 Å². The van der Waals surface area contributed by atoms with Crippen molar-refractivity contribution in [3.8, 4) is 28.7 Å². The van der Waals surface area contributed by atoms with Crippen LogP contribution >= 0.6 is 0 Å². The standard InChI is InChI=1S/C22H14F4N4O7/c1-33-13-4-5-28-18(27)17(13)20(32)30-11-8-16-15(36-22(25,26)37-16)7-10(11)19(31)29-9-2-3-12-14(6-9)35-21(23,24)34-12/h2-8H,1H3,(H2,27,28)(H,29,31)(H,30,32). The minimum atomic E-state index is -4.02. The molecule has 0 aliphatic carbocycles. The summed E-state index contributed by atoms with van der Waals surface area (Å²) in [5, 5.41) is 4.79. The summed E-state index contributed by atoms with van der Waals surface area (Å²) >= 11 is 0. The van der Waals surface area contributed by atoms with Gasteiger partial charge in [0.05, 0.1) is 18.4 Å². The van der Waals surface area contributed by atoms with Crippen LogP contribution in [0, 0.1) is 0 Å². The zero-order valence-corrected chi connectivity index (χ0v) is 18.4. The molecule has 2 aliphatic heterocycles. The second-order valence-corrected chi connectivity index (χ2v) is 7.52. The number of amides is 2. The predicted octanol–water partition coefficient (Wildman–Crippen LogP) is 3.82. The Labute approximate surface area is 204 Å². The topological polar surface area (TPSA) is 143 Å². The Morgan fingerprint density at radius 2 is 1.49 bits per heavy atom. The van der Waals surface area contributed by atoms with Crippen LogP contribution in [0.3, 0.4) is 0 Å². The Morgan fingerprint density at radius 1 is 0.865 bits per heavy atom. The Balaban J connectivity index is 1.48. The smallest absolute Gasteiger partial charge is 0.496 e. The highest BCUT2D eigenvalue weighted by Crippen LogP contribution is 2.45. The molecule has 2 aromatic carbocycles. The van der Waals surface area contributed by atoms with E-state index in [0.29, 0.717) is 0 Å². The summed E-state index contributed by atoms with van der Waals surface area (Å²) in [6.45, 7) is 0. The van der Waals surface area contributed by atoms with Gasteiger partial charge in [-0.05, 0) is 24.3 Å². The summed E-state index contributed by atoms with van der Waals surface area (Å²) < 4.78 is 76.5. The third kappa shape index (κ3) is 4.53. The summed E-state index contributed by atoms with van der Waals surface area (Å²) in [6, 6.07) is 6.65. The summed E-state index contributed by atoms with van der Waals surface area (Å²) in [6.07, 6.45) is -6.59. The lowest BCUT2D eigenvalue weighted by Gasteiger charge is -2.14. The number of halogens is 4. The SMILES string of the molecule is COc1ccnc(N)c1C(=O)Nc1cc2c(cc1C(=O)Nc1ccc3c(c1)OC(F)(F)O3)OC(F)(F)O2. The lowest BCUT2D eigenvalue weighted by molar-refractivity contribution is -0.287. The molecule has 4 N–H and O–H groups in total. The molecule has 2 amide bonds. The predicted molar refractivity (Wildman–Crippen MR) is 116 cm³/mol. The Bertz CT molecular complexity index is 1450. The number of anilines is 3. The monoisotopic (exact) mass is 522 g/mol. The normalized spacial score (nSPS) is 15.7. The molecule has 3 heterocycles. The van der Waals surface area contributed by atoms with Gasteiger partial charge in [0.15, 0.2) is 23.0 Å². The van der Waals surface area contributed by atoms with E-state index in [1.165, 1.54) is 25.4 Å². The number of carbonyl (C=O) groups is 2. The van der Waals surface area contributed by atoms with Crippen molar-refractivity contribution in [2.75, 3.05) is 23.5 Å². The number of alkyl halides is 4. The van der Waals surface area contributed by atoms with Gasteiger partial charge >= 0.3 is 12.6 Å². The molecule has 192 valence electrons. The Kier molecular flexibility index (Phi) is 5.35. The van der Waals surface area contributed by atoms with Crippen molar-refractivity contribution in [2.24, 2.45) is 0 Å². The highest BCUT2D eigenvalue weighted by Gasteiger charge is 2.45. The molecule has 0 atom stereocenters. The van der Waals surface area contributed by atoms with Crippen LogP contribution in [0.15, 0.2) is 42.6 Å². The Morgan fingerprint density at radius 3 is 2.16 bits per heavy atom. The van der Waals surface area contributed by atoms with E-state index >= 15 is 0 Å². The maximum Gasteiger partial charge on any atom is 0.586 e. The molecule has 2 aliphatic rings. The maximum absolute atomic E-state index is 13.7. The quantitative estimate of drug-likeness (QED) is 0.426. The van der Waals surface area contributed by atoms with Crippen molar-refractivity contribution in [1.82, 2.24) is 4.98 Å². The number of nitrogens with one attached hydrogen (secondary N) is 2. The van der Waals surface area contributed by atoms with Crippen LogP contribution in [0.5, 0.6) is 28.7 Å². The molecule has 0 radical (unpaired) electrons. The van der Waals surface area contributed by atoms with E-state index in [1.807, 2.05) is 0 Å². The number of benzene rings is 2. The molecule has 1 aromatic heterocycles. The molecule has 0 saturated carbocycles. The highest BCUT2D eigenvalue weighted by atomic mass is 19.3. The third-order valence-electron chi connectivity index (χ3n) is 5.08. The van der Waals surface area contributed by atoms with E-state index in [9.17, 15) is 27.2 Å². The van der Waals surface area contributed by atoms with Crippen molar-refractivity contribution in [2.45, 2.75) is 12.6 Å². The summed E-state index contributed by atoms with van der Waals surface area (Å²) in [7, 11) is 1.29. The molecule has 5 rings (SSSR count). The average Bonchev–Trinajstić information content (AvgIpc) is 3.29. The maximum atomic E-state index is 13.7. The molecule has 0 saturated heterocycles. The molecule has 15 heteroatoms. The third-order valence-corrected chi connectivity index (χ3v) is 5.08. The van der Waals surface area contributed by atoms with Gasteiger partial charge < -0.3 is 40.1 Å². The first kappa shape index (κ1) is 23.8. The zero-order valence-electron chi connectivity index (χ0n) is 18.4. The van der Waals surface area contributed by atoms with Crippen molar-refractivity contribution < 1.29 is 50.8 Å². The van der Waals surface area contributed by atoms with Crippen LogP contribution in [0.1, 0.15) is 20.7 Å². The summed E-state index contributed by atoms with van der Waals surface area (Å²) in [5.41, 5.74) is 4.97. The number of ether oxygens (including phenoxy) is 5. The fraction of sp³-hybridized carbons (Fsp3) is 0.136. The van der Waals surface area contributed by atoms with Crippen molar-refractivity contribution in [3.63, 3.8) is 0 Å². The van der Waals surface area contributed by atoms with Crippen molar-refractivity contribution >= 4 is 29.0 Å². The lowest BCUT2D eigenvalue weighted by Crippen LogP contribution is -2.26. The van der Waals surface area contributed by atoms with Gasteiger partial charge in [0, 0.05) is 24.0 Å². The van der Waals surface area contributed by atoms with E-state index in [0.717, 1.165) is 24.3 Å². The highest BCUT2D eigenvalue weighted by molar-refractivity contribution is 6.15. The first-order valence-electron chi connectivity index (χ1n) is 10.2. The number of pyridine rings is 1. The number of rotatable bonds is 5. The summed E-state index contributed by atoms with van der Waals surface area (Å²) in [4.78, 5) is 29.9. The number of methoxy groups -OCH3 is 1. The minimum absolute atomic E-state index is 0.0107. The van der Waals surface area contributed by atoms with Gasteiger partial charge in [0.1, 0.15) is 17.1 Å². The number of fused-ring (bicyclic) bond motifs is 2. The van der Waals surface area contributed by atoms with E-state index in [4.69, 9.17) is 10.5 Å². The second kappa shape index (κ2) is 8.32. The van der Waals surface area contributed by atoms with E-state index in [2.05, 4.69) is 34.6 Å². The number of nitrogens with zero attached hydrogens (tertiary/aromatic N) is 1. The van der Waals surface area contributed by atoms with Crippen molar-refractivity contribution in [3.05, 3.63) is 53.7 Å². The van der Waals surface area contributed by atoms with Crippen LogP contribution in [0.25, 0.3) is 0 Å². The minimum Gasteiger partial charge on any atom is -0.496 e. The van der Waals surface area contributed by atoms with Gasteiger partial charge in [0.25, 0.3) is 11.8 Å². The van der Waals surface area contributed by atoms with Crippen LogP contribution in [-0.2, 0) is 0 Å². The lowest BCUT2D eigenvalue weighted by atomic mass is 10.1. The van der Waals surface area contributed by atoms with Gasteiger partial charge in [-0.15, -0.1) is 17.6 Å². The fourth-order valence-corrected chi connectivity index (χ4v) is 3.56. The second-order valence-electron chi connectivity index (χ2n) is 7.52. The molecule has 11 nitrogen and oxygen atoms in total. The molecule has 0 spiro atoms. The molecular weight excluding hydrogens is 508 g/mol. The Hall–Kier alpha value is -4.95. The van der Waals surface area contributed by atoms with Gasteiger partial charge in [-0.3, -0.25) is 9.59 Å². The zero-order chi connectivity index (χ0) is 26.5. The molecule has 37 heavy (non-hydrogen) atoms. The number of carbonyl (C=O) groups excluding carboxylic acids is 2. The van der Waals surface area contributed by atoms with Crippen LogP contribution in [-0.4, -0.2) is 36.5 Å². The van der Waals surface area contributed by atoms with Crippen LogP contribution in [0.2, 0.25) is 0 Å². The molecule has 0 bridgehead atoms. The number of hydrogen-bond acceptors (Lipinski definition) is 9. The first-order valence-corrected chi connectivity index (χ1v) is 10.2. The summed E-state index contributed by atoms with van der Waals surface area (Å²) in [5.74, 6) is -3.52. The number of nitrogen functional groups attached to an aromatic ring is 1. The number of nitrogens with two attached hydrogens (primary N) is 1. The van der Waals surface area contributed by atoms with E-state index in [1.54, 1.807) is 0 Å². The van der Waals surface area contributed by atoms with E-state index < -0.39 is 35.9 Å². The van der Waals surface area contributed by atoms with Crippen LogP contribution in [0.4, 0.5) is 34.8 Å². The molecule has 0 fully saturated rings. The fourth-order valence-electron chi connectivity index (χ4n) is 3.56. The van der Waals surface area contributed by atoms with Gasteiger partial charge in [-0.25, -0.2) is 4.98 Å². The first-order chi connectivity index (χ1) is 17.4. The molecular formula is C22H14F4N4O7. The van der Waals surface area contributed by atoms with Gasteiger partial charge in [-0.1, -0.05) is 0 Å². The number of aromatic nitrogens is 1. The average molecular weight is 522 g/mol.